The second-order valence-corrected chi connectivity index (χ2v) is 23.9. The summed E-state index contributed by atoms with van der Waals surface area (Å²) in [7, 11) is -3.76. The van der Waals surface area contributed by atoms with Crippen LogP contribution in [0.1, 0.15) is 31.1 Å². The molecule has 3 aromatic carbocycles. The summed E-state index contributed by atoms with van der Waals surface area (Å²) in [5.74, 6) is -1.87. The lowest BCUT2D eigenvalue weighted by Gasteiger charge is -2.40. The zero-order valence-corrected chi connectivity index (χ0v) is 50.0. The molecule has 6 aromatic heterocycles. The van der Waals surface area contributed by atoms with Gasteiger partial charge >= 0.3 is 6.18 Å². The Bertz CT molecular complexity index is 4480. The van der Waals surface area contributed by atoms with Crippen LogP contribution in [0.5, 0.6) is 0 Å². The number of fused-ring (bicyclic) bond motifs is 3. The molecule has 0 spiro atoms. The van der Waals surface area contributed by atoms with Gasteiger partial charge in [-0.2, -0.15) is 25.9 Å². The maximum absolute atomic E-state index is 13.6. The van der Waals surface area contributed by atoms with Crippen molar-refractivity contribution in [2.75, 3.05) is 95.9 Å². The van der Waals surface area contributed by atoms with Crippen LogP contribution in [0.15, 0.2) is 128 Å². The third-order valence-electron chi connectivity index (χ3n) is 15.6. The molecule has 24 nitrogen and oxygen atoms in total. The number of nitrogens with two attached hydrogens (primary N) is 4. The summed E-state index contributed by atoms with van der Waals surface area (Å²) in [6.45, 7) is 3.56. The molecular weight excluding hydrogens is 1240 g/mol. The summed E-state index contributed by atoms with van der Waals surface area (Å²) < 4.78 is 107. The summed E-state index contributed by atoms with van der Waals surface area (Å²) >= 11 is 0. The minimum absolute atomic E-state index is 0.0566. The molecule has 4 aliphatic heterocycles. The number of anilines is 3. The molecule has 13 rings (SSSR count). The molecule has 9 aromatic rings. The lowest BCUT2D eigenvalue weighted by molar-refractivity contribution is -0.155. The number of rotatable bonds is 13. The van der Waals surface area contributed by atoms with Crippen molar-refractivity contribution in [2.45, 2.75) is 24.3 Å². The molecule has 93 heavy (non-hydrogen) atoms. The van der Waals surface area contributed by atoms with E-state index in [1.54, 1.807) is 77.7 Å². The molecule has 0 bridgehead atoms. The highest BCUT2D eigenvalue weighted by molar-refractivity contribution is 7.86. The Morgan fingerprint density at radius 3 is 1.25 bits per heavy atom. The molecule has 482 valence electrons. The molecule has 4 fully saturated rings. The molecule has 4 aliphatic rings. The van der Waals surface area contributed by atoms with Crippen molar-refractivity contribution in [1.29, 1.82) is 0 Å². The molecule has 4 saturated heterocycles. The largest absolute Gasteiger partial charge is 0.401 e. The number of halogens is 6. The van der Waals surface area contributed by atoms with Gasteiger partial charge < -0.3 is 42.8 Å². The standard InChI is InChI=1S/C24H25FN6O3.C20H17F4N5O.C18H17FN6O3S/c25-16-3-1-2-15(10-16)20-5-4-18-19(11-27-23(26)22(18)29-20)24(33)28-17-12-31(13-17)21(32)14-30-6-8-34-9-7-30;21-12-3-1-2-11(6-12)16-5-4-14-15(7-26-18(25)17(14)28-16)19(30)27-13-8-29(9-13)10-20(22,23)24;19-11-3-1-2-10(6-11)15-5-4-13-14(7-22-17(20)16(13)24-15)18(26)23-12-8-25(9-12)29(21,27)28/h1-5,10-11,17H,6-9,12-14H2,(H2,26,27)(H,28,33);1-7,13H,8-10H2,(H2,25,26)(H,27,30);1-7,12H,8-9H2,(H2,20,22)(H,23,26)(H2,21,27,28). The van der Waals surface area contributed by atoms with Crippen LogP contribution in [0.2, 0.25) is 0 Å². The van der Waals surface area contributed by atoms with E-state index in [-0.39, 0.29) is 96.0 Å². The first-order valence-corrected chi connectivity index (χ1v) is 30.4. The predicted molar refractivity (Wildman–Crippen MR) is 333 cm³/mol. The number of nitrogens with one attached hydrogen (secondary N) is 3. The Morgan fingerprint density at radius 1 is 0.527 bits per heavy atom. The quantitative estimate of drug-likeness (QED) is 0.0753. The number of alkyl halides is 3. The average Bonchev–Trinajstić information content (AvgIpc) is 0.800. The second kappa shape index (κ2) is 27.0. The van der Waals surface area contributed by atoms with Crippen LogP contribution < -0.4 is 38.3 Å². The van der Waals surface area contributed by atoms with E-state index < -0.39 is 46.4 Å². The van der Waals surface area contributed by atoms with Gasteiger partial charge in [0.25, 0.3) is 27.9 Å². The van der Waals surface area contributed by atoms with Gasteiger partial charge in [-0.15, -0.1) is 0 Å². The summed E-state index contributed by atoms with van der Waals surface area (Å²) in [6.07, 6.45) is -0.191. The zero-order valence-electron chi connectivity index (χ0n) is 49.2. The number of amides is 4. The highest BCUT2D eigenvalue weighted by Crippen LogP contribution is 2.31. The van der Waals surface area contributed by atoms with E-state index in [0.29, 0.717) is 99.4 Å². The Kier molecular flexibility index (Phi) is 18.7. The topological polar surface area (TPSA) is 342 Å². The highest BCUT2D eigenvalue weighted by Gasteiger charge is 2.39. The first kappa shape index (κ1) is 64.5. The molecule has 10 heterocycles. The molecule has 0 unspecified atom stereocenters. The van der Waals surface area contributed by atoms with E-state index in [1.165, 1.54) is 59.9 Å². The Morgan fingerprint density at radius 2 is 0.892 bits per heavy atom. The van der Waals surface area contributed by atoms with E-state index in [1.807, 2.05) is 0 Å². The number of benzene rings is 3. The molecular formula is C62H59F6N17O7S. The molecule has 4 amide bonds. The minimum Gasteiger partial charge on any atom is -0.382 e. The van der Waals surface area contributed by atoms with Gasteiger partial charge in [0.05, 0.1) is 78.2 Å². The highest BCUT2D eigenvalue weighted by atomic mass is 32.2. The second-order valence-electron chi connectivity index (χ2n) is 22.3. The van der Waals surface area contributed by atoms with Crippen LogP contribution in [-0.4, -0.2) is 184 Å². The predicted octanol–water partition coefficient (Wildman–Crippen LogP) is 4.92. The van der Waals surface area contributed by atoms with Gasteiger partial charge in [0.2, 0.25) is 5.91 Å². The number of nitrogens with zero attached hydrogens (tertiary/aromatic N) is 10. The van der Waals surface area contributed by atoms with Crippen molar-refractivity contribution in [3.63, 3.8) is 0 Å². The number of ether oxygens (including phenoxy) is 1. The number of pyridine rings is 6. The van der Waals surface area contributed by atoms with E-state index >= 15 is 0 Å². The van der Waals surface area contributed by atoms with Gasteiger partial charge in [-0.1, -0.05) is 36.4 Å². The zero-order chi connectivity index (χ0) is 65.9. The van der Waals surface area contributed by atoms with Crippen molar-refractivity contribution in [1.82, 2.24) is 64.9 Å². The van der Waals surface area contributed by atoms with Crippen molar-refractivity contribution >= 4 is 84.0 Å². The van der Waals surface area contributed by atoms with Crippen LogP contribution >= 0.6 is 0 Å². The minimum atomic E-state index is -4.27. The maximum Gasteiger partial charge on any atom is 0.401 e. The van der Waals surface area contributed by atoms with Crippen molar-refractivity contribution in [2.24, 2.45) is 5.14 Å². The number of likely N-dealkylation sites (tertiary alicyclic amines) is 2. The van der Waals surface area contributed by atoms with Gasteiger partial charge in [0.15, 0.2) is 0 Å². The first-order valence-electron chi connectivity index (χ1n) is 28.9. The van der Waals surface area contributed by atoms with Gasteiger partial charge in [-0.05, 0) is 72.8 Å². The fourth-order valence-corrected chi connectivity index (χ4v) is 11.5. The number of hydrogen-bond donors (Lipinski definition) is 7. The first-order chi connectivity index (χ1) is 44.4. The molecule has 31 heteroatoms. The number of aromatic nitrogens is 6. The fraction of sp³-hybridized carbons (Fsp3) is 0.258. The lowest BCUT2D eigenvalue weighted by Crippen LogP contribution is -2.62. The Hall–Kier alpha value is -10.1. The van der Waals surface area contributed by atoms with E-state index in [4.69, 9.17) is 27.1 Å². The van der Waals surface area contributed by atoms with Crippen molar-refractivity contribution in [3.05, 3.63) is 162 Å². The third kappa shape index (κ3) is 15.3. The van der Waals surface area contributed by atoms with Crippen LogP contribution in [0.25, 0.3) is 66.5 Å². The monoisotopic (exact) mass is 1300 g/mol. The van der Waals surface area contributed by atoms with Gasteiger partial charge in [0, 0.05) is 104 Å². The Balaban J connectivity index is 0.000000143. The molecule has 0 atom stereocenters. The van der Waals surface area contributed by atoms with Crippen molar-refractivity contribution in [3.8, 4) is 33.8 Å². The molecule has 0 radical (unpaired) electrons. The van der Waals surface area contributed by atoms with E-state index in [0.717, 1.165) is 17.4 Å². The van der Waals surface area contributed by atoms with E-state index in [9.17, 15) is 53.9 Å². The normalized spacial score (nSPS) is 15.8. The van der Waals surface area contributed by atoms with Gasteiger partial charge in [-0.25, -0.2) is 48.2 Å². The third-order valence-corrected chi connectivity index (χ3v) is 16.7. The number of hydrogen-bond acceptors (Lipinski definition) is 18. The van der Waals surface area contributed by atoms with Gasteiger partial charge in [0.1, 0.15) is 51.5 Å². The Labute approximate surface area is 526 Å². The summed E-state index contributed by atoms with van der Waals surface area (Å²) in [5.41, 5.74) is 22.9. The SMILES string of the molecule is Nc1ncc(C(=O)NC2CN(C(=O)CN3CCOCC3)C2)c2ccc(-c3cccc(F)c3)nc12.Nc1ncc(C(=O)NC2CN(CC(F)(F)F)C2)c2ccc(-c3cccc(F)c3)nc12.Nc1ncc(C(=O)NC2CN(S(N)(=O)=O)C2)c2ccc(-c3cccc(F)c3)nc12. The lowest BCUT2D eigenvalue weighted by atomic mass is 10.0. The number of morpholine rings is 1. The van der Waals surface area contributed by atoms with Crippen LogP contribution in [0.3, 0.4) is 0 Å². The van der Waals surface area contributed by atoms with Gasteiger partial charge in [-0.3, -0.25) is 29.0 Å². The number of carbonyl (C=O) groups is 4. The van der Waals surface area contributed by atoms with Crippen molar-refractivity contribution < 1.29 is 58.7 Å². The summed E-state index contributed by atoms with van der Waals surface area (Å²) in [5, 5.41) is 14.9. The van der Waals surface area contributed by atoms with E-state index in [2.05, 4.69) is 50.8 Å². The van der Waals surface area contributed by atoms with Crippen LogP contribution in [0, 0.1) is 17.5 Å². The summed E-state index contributed by atoms with van der Waals surface area (Å²) in [6, 6.07) is 27.2. The number of carbonyl (C=O) groups excluding carboxylic acids is 4. The fourth-order valence-electron chi connectivity index (χ4n) is 10.8. The molecule has 11 N–H and O–H groups in total. The maximum atomic E-state index is 13.6. The number of nitrogen functional groups attached to an aromatic ring is 3. The molecule has 0 saturated carbocycles. The average molecular weight is 1300 g/mol. The van der Waals surface area contributed by atoms with Crippen LogP contribution in [0.4, 0.5) is 43.8 Å². The molecule has 0 aliphatic carbocycles. The smallest absolute Gasteiger partial charge is 0.382 e. The van der Waals surface area contributed by atoms with Crippen LogP contribution in [-0.2, 0) is 19.7 Å². The summed E-state index contributed by atoms with van der Waals surface area (Å²) in [4.78, 5) is 81.4.